The number of hydrogen-bond acceptors (Lipinski definition) is 5. The lowest BCUT2D eigenvalue weighted by Gasteiger charge is -2.33. The summed E-state index contributed by atoms with van der Waals surface area (Å²) in [7, 11) is 0. The van der Waals surface area contributed by atoms with Crippen molar-refractivity contribution < 1.29 is 14.4 Å². The molecule has 0 aromatic heterocycles. The van der Waals surface area contributed by atoms with Gasteiger partial charge in [0.15, 0.2) is 0 Å². The van der Waals surface area contributed by atoms with E-state index in [0.29, 0.717) is 21.4 Å². The monoisotopic (exact) mass is 504 g/mol. The number of anilines is 2. The highest BCUT2D eigenvalue weighted by Gasteiger charge is 2.65. The SMILES string of the molecule is O=C(Nc1ccc(Cl)cc1)[C@H]1[C@H]2C(=O)N(c3cccc(Cl)c3)C(=O)[C@H]2[C@H]2c3ccccc3C=NN21. The Morgan fingerprint density at radius 1 is 0.857 bits per heavy atom. The fourth-order valence-corrected chi connectivity index (χ4v) is 5.60. The fourth-order valence-electron chi connectivity index (χ4n) is 5.29. The second-order valence-corrected chi connectivity index (χ2v) is 9.56. The van der Waals surface area contributed by atoms with Crippen molar-refractivity contribution in [2.24, 2.45) is 16.9 Å². The van der Waals surface area contributed by atoms with Gasteiger partial charge in [-0.1, -0.05) is 53.5 Å². The van der Waals surface area contributed by atoms with Crippen LogP contribution >= 0.6 is 23.2 Å². The topological polar surface area (TPSA) is 82.1 Å². The molecule has 4 atom stereocenters. The van der Waals surface area contributed by atoms with Crippen LogP contribution in [0.4, 0.5) is 11.4 Å². The maximum Gasteiger partial charge on any atom is 0.249 e. The van der Waals surface area contributed by atoms with Gasteiger partial charge < -0.3 is 5.32 Å². The molecule has 6 rings (SSSR count). The summed E-state index contributed by atoms with van der Waals surface area (Å²) in [6.45, 7) is 0. The third-order valence-corrected chi connectivity index (χ3v) is 7.23. The first-order valence-corrected chi connectivity index (χ1v) is 11.8. The van der Waals surface area contributed by atoms with Gasteiger partial charge in [-0.3, -0.25) is 19.4 Å². The normalized spacial score (nSPS) is 24.3. The Balaban J connectivity index is 1.44. The van der Waals surface area contributed by atoms with E-state index in [0.717, 1.165) is 16.0 Å². The number of nitrogens with zero attached hydrogens (tertiary/aromatic N) is 3. The van der Waals surface area contributed by atoms with Crippen molar-refractivity contribution in [3.8, 4) is 0 Å². The molecule has 3 amide bonds. The zero-order valence-electron chi connectivity index (χ0n) is 18.1. The van der Waals surface area contributed by atoms with E-state index in [-0.39, 0.29) is 5.91 Å². The number of carbonyl (C=O) groups is 3. The molecule has 174 valence electrons. The third-order valence-electron chi connectivity index (χ3n) is 6.74. The van der Waals surface area contributed by atoms with E-state index in [1.165, 1.54) is 0 Å². The third kappa shape index (κ3) is 3.42. The van der Waals surface area contributed by atoms with Crippen LogP contribution in [0.2, 0.25) is 10.0 Å². The Morgan fingerprint density at radius 2 is 1.60 bits per heavy atom. The van der Waals surface area contributed by atoms with Crippen LogP contribution in [0, 0.1) is 11.8 Å². The number of benzene rings is 3. The number of hydrazone groups is 1. The van der Waals surface area contributed by atoms with Crippen LogP contribution in [0.3, 0.4) is 0 Å². The molecule has 3 aromatic carbocycles. The maximum absolute atomic E-state index is 13.8. The zero-order chi connectivity index (χ0) is 24.3. The van der Waals surface area contributed by atoms with E-state index in [4.69, 9.17) is 23.2 Å². The standard InChI is InChI=1S/C26H18Cl2N4O3/c27-15-8-10-17(11-9-15)30-24(33)23-21-20(22-19-7-2-1-4-14(19)13-29-32(22)23)25(34)31(26(21)35)18-6-3-5-16(28)12-18/h1-13,20-23H,(H,30,33)/t20-,21+,22-,23-/m1/s1. The van der Waals surface area contributed by atoms with E-state index in [9.17, 15) is 14.4 Å². The molecule has 0 radical (unpaired) electrons. The minimum absolute atomic E-state index is 0.369. The van der Waals surface area contributed by atoms with E-state index in [1.54, 1.807) is 59.8 Å². The Labute approximate surface area is 210 Å². The molecule has 35 heavy (non-hydrogen) atoms. The molecular formula is C26H18Cl2N4O3. The summed E-state index contributed by atoms with van der Waals surface area (Å²) in [5.74, 6) is -2.93. The van der Waals surface area contributed by atoms with Crippen molar-refractivity contribution in [2.45, 2.75) is 12.1 Å². The van der Waals surface area contributed by atoms with Crippen LogP contribution in [-0.4, -0.2) is 35.0 Å². The lowest BCUT2D eigenvalue weighted by Crippen LogP contribution is -2.46. The molecule has 3 heterocycles. The fraction of sp³-hybridized carbons (Fsp3) is 0.154. The molecule has 3 aliphatic rings. The predicted molar refractivity (Wildman–Crippen MR) is 133 cm³/mol. The smallest absolute Gasteiger partial charge is 0.249 e. The Hall–Kier alpha value is -3.68. The summed E-state index contributed by atoms with van der Waals surface area (Å²) < 4.78 is 0. The number of imide groups is 1. The number of rotatable bonds is 3. The number of fused-ring (bicyclic) bond motifs is 5. The van der Waals surface area contributed by atoms with Crippen LogP contribution in [0.5, 0.6) is 0 Å². The maximum atomic E-state index is 13.8. The predicted octanol–water partition coefficient (Wildman–Crippen LogP) is 4.51. The van der Waals surface area contributed by atoms with Crippen LogP contribution in [-0.2, 0) is 14.4 Å². The summed E-state index contributed by atoms with van der Waals surface area (Å²) in [5.41, 5.74) is 2.63. The van der Waals surface area contributed by atoms with Crippen LogP contribution in [0.1, 0.15) is 17.2 Å². The number of halogens is 2. The van der Waals surface area contributed by atoms with Crippen molar-refractivity contribution in [1.29, 1.82) is 0 Å². The average molecular weight is 505 g/mol. The quantitative estimate of drug-likeness (QED) is 0.532. The van der Waals surface area contributed by atoms with Crippen molar-refractivity contribution in [2.75, 3.05) is 10.2 Å². The zero-order valence-corrected chi connectivity index (χ0v) is 19.6. The summed E-state index contributed by atoms with van der Waals surface area (Å²) in [6, 6.07) is 19.3. The van der Waals surface area contributed by atoms with Gasteiger partial charge in [0.2, 0.25) is 17.7 Å². The molecule has 9 heteroatoms. The molecule has 3 aliphatic heterocycles. The van der Waals surface area contributed by atoms with Gasteiger partial charge in [-0.15, -0.1) is 0 Å². The Kier molecular flexibility index (Phi) is 5.12. The second-order valence-electron chi connectivity index (χ2n) is 8.68. The lowest BCUT2D eigenvalue weighted by atomic mass is 9.85. The molecule has 1 N–H and O–H groups in total. The van der Waals surface area contributed by atoms with Gasteiger partial charge in [0.1, 0.15) is 6.04 Å². The summed E-state index contributed by atoms with van der Waals surface area (Å²) in [5, 5.41) is 9.95. The van der Waals surface area contributed by atoms with Crippen LogP contribution < -0.4 is 10.2 Å². The number of nitrogens with one attached hydrogen (secondary N) is 1. The summed E-state index contributed by atoms with van der Waals surface area (Å²) >= 11 is 12.1. The van der Waals surface area contributed by atoms with Gasteiger partial charge in [0.05, 0.1) is 29.8 Å². The molecule has 0 aliphatic carbocycles. The minimum Gasteiger partial charge on any atom is -0.324 e. The lowest BCUT2D eigenvalue weighted by molar-refractivity contribution is -0.129. The first-order valence-electron chi connectivity index (χ1n) is 11.0. The summed E-state index contributed by atoms with van der Waals surface area (Å²) in [6.07, 6.45) is 1.67. The van der Waals surface area contributed by atoms with Gasteiger partial charge in [-0.2, -0.15) is 5.10 Å². The highest BCUT2D eigenvalue weighted by atomic mass is 35.5. The van der Waals surface area contributed by atoms with Gasteiger partial charge in [0.25, 0.3) is 0 Å². The number of carbonyl (C=O) groups excluding carboxylic acids is 3. The van der Waals surface area contributed by atoms with E-state index >= 15 is 0 Å². The van der Waals surface area contributed by atoms with Gasteiger partial charge in [-0.05, 0) is 53.6 Å². The van der Waals surface area contributed by atoms with Gasteiger partial charge in [0, 0.05) is 15.7 Å². The first-order chi connectivity index (χ1) is 16.9. The van der Waals surface area contributed by atoms with Crippen molar-refractivity contribution in [3.05, 3.63) is 94.0 Å². The molecule has 0 bridgehead atoms. The van der Waals surface area contributed by atoms with E-state index in [2.05, 4.69) is 10.4 Å². The highest BCUT2D eigenvalue weighted by Crippen LogP contribution is 2.52. The van der Waals surface area contributed by atoms with Crippen molar-refractivity contribution >= 4 is 58.5 Å². The van der Waals surface area contributed by atoms with Crippen molar-refractivity contribution in [1.82, 2.24) is 5.01 Å². The van der Waals surface area contributed by atoms with Gasteiger partial charge in [-0.25, -0.2) is 4.90 Å². The summed E-state index contributed by atoms with van der Waals surface area (Å²) in [4.78, 5) is 42.3. The number of amides is 3. The molecule has 0 saturated carbocycles. The number of hydrogen-bond donors (Lipinski definition) is 1. The molecule has 2 fully saturated rings. The largest absolute Gasteiger partial charge is 0.324 e. The van der Waals surface area contributed by atoms with E-state index in [1.807, 2.05) is 24.3 Å². The molecule has 0 unspecified atom stereocenters. The molecule has 7 nitrogen and oxygen atoms in total. The molecule has 3 aromatic rings. The molecule has 0 spiro atoms. The second kappa shape index (κ2) is 8.22. The first kappa shape index (κ1) is 21.8. The van der Waals surface area contributed by atoms with Crippen molar-refractivity contribution in [3.63, 3.8) is 0 Å². The van der Waals surface area contributed by atoms with Gasteiger partial charge >= 0.3 is 0 Å². The minimum atomic E-state index is -0.981. The Bertz CT molecular complexity index is 1410. The van der Waals surface area contributed by atoms with E-state index < -0.39 is 35.7 Å². The van der Waals surface area contributed by atoms with Crippen LogP contribution in [0.15, 0.2) is 77.9 Å². The van der Waals surface area contributed by atoms with Crippen LogP contribution in [0.25, 0.3) is 0 Å². The average Bonchev–Trinajstić information content (AvgIpc) is 3.33. The Morgan fingerprint density at radius 3 is 2.37 bits per heavy atom. The highest BCUT2D eigenvalue weighted by molar-refractivity contribution is 6.31. The molecular weight excluding hydrogens is 487 g/mol. The molecule has 2 saturated heterocycles.